The van der Waals surface area contributed by atoms with Crippen LogP contribution in [0.4, 0.5) is 23.7 Å². The molecule has 0 unspecified atom stereocenters. The minimum absolute atomic E-state index is 0.000186. The van der Waals surface area contributed by atoms with Crippen molar-refractivity contribution in [3.8, 4) is 0 Å². The number of hydrogen-bond donors (Lipinski definition) is 3. The molecule has 0 spiro atoms. The smallest absolute Gasteiger partial charge is 0.393 e. The summed E-state index contributed by atoms with van der Waals surface area (Å²) in [5, 5.41) is 4.43. The zero-order valence-corrected chi connectivity index (χ0v) is 9.91. The van der Waals surface area contributed by atoms with Crippen LogP contribution in [0, 0.1) is 0 Å². The molecule has 1 aromatic rings. The van der Waals surface area contributed by atoms with Gasteiger partial charge in [-0.3, -0.25) is 5.32 Å². The van der Waals surface area contributed by atoms with Crippen LogP contribution in [-0.2, 0) is 11.0 Å². The number of allylic oxidation sites excluding steroid dienone is 1. The number of nitrogens with two attached hydrogens (primary N) is 1. The van der Waals surface area contributed by atoms with E-state index in [4.69, 9.17) is 5.90 Å². The summed E-state index contributed by atoms with van der Waals surface area (Å²) in [6.07, 6.45) is -3.09. The highest BCUT2D eigenvalue weighted by Crippen LogP contribution is 2.30. The molecule has 4 N–H and O–H groups in total. The first-order valence-corrected chi connectivity index (χ1v) is 5.15. The van der Waals surface area contributed by atoms with E-state index in [1.165, 1.54) is 18.2 Å². The summed E-state index contributed by atoms with van der Waals surface area (Å²) in [7, 11) is 0. The highest BCUT2D eigenvalue weighted by Gasteiger charge is 2.30. The zero-order chi connectivity index (χ0) is 14.5. The SMILES string of the molecule is C/C=C(/NC(=O)Nc1cccc(C(F)(F)F)c1)ON. The fraction of sp³-hybridized carbons (Fsp3) is 0.182. The maximum atomic E-state index is 12.5. The van der Waals surface area contributed by atoms with Gasteiger partial charge in [0.25, 0.3) is 0 Å². The van der Waals surface area contributed by atoms with Crippen LogP contribution in [0.3, 0.4) is 0 Å². The van der Waals surface area contributed by atoms with Crippen molar-refractivity contribution in [3.63, 3.8) is 0 Å². The minimum Gasteiger partial charge on any atom is -0.393 e. The molecule has 0 aliphatic rings. The number of urea groups is 1. The largest absolute Gasteiger partial charge is 0.416 e. The zero-order valence-electron chi connectivity index (χ0n) is 9.91. The van der Waals surface area contributed by atoms with E-state index in [0.29, 0.717) is 0 Å². The molecule has 5 nitrogen and oxygen atoms in total. The van der Waals surface area contributed by atoms with E-state index >= 15 is 0 Å². The standard InChI is InChI=1S/C11H12F3N3O2/c1-2-9(19-15)17-10(18)16-8-5-3-4-7(6-8)11(12,13)14/h2-6H,15H2,1H3,(H2,16,17,18)/b9-2-. The molecule has 104 valence electrons. The first-order valence-electron chi connectivity index (χ1n) is 5.15. The number of rotatable bonds is 3. The van der Waals surface area contributed by atoms with E-state index in [2.05, 4.69) is 15.5 Å². The van der Waals surface area contributed by atoms with Crippen molar-refractivity contribution < 1.29 is 22.8 Å². The Hall–Kier alpha value is -2.22. The highest BCUT2D eigenvalue weighted by molar-refractivity contribution is 5.90. The molecular formula is C11H12F3N3O2. The number of carbonyl (C=O) groups excluding carboxylic acids is 1. The van der Waals surface area contributed by atoms with Crippen LogP contribution < -0.4 is 16.5 Å². The van der Waals surface area contributed by atoms with E-state index < -0.39 is 17.8 Å². The lowest BCUT2D eigenvalue weighted by Gasteiger charge is -2.11. The Bertz CT molecular complexity index is 486. The van der Waals surface area contributed by atoms with Gasteiger partial charge in [-0.15, -0.1) is 0 Å². The number of alkyl halides is 3. The Kier molecular flexibility index (Phi) is 4.76. The summed E-state index contributed by atoms with van der Waals surface area (Å²) in [4.78, 5) is 15.7. The third-order valence-electron chi connectivity index (χ3n) is 2.07. The van der Waals surface area contributed by atoms with Crippen LogP contribution in [0.2, 0.25) is 0 Å². The van der Waals surface area contributed by atoms with Crippen molar-refractivity contribution in [1.82, 2.24) is 5.32 Å². The first-order chi connectivity index (χ1) is 8.86. The monoisotopic (exact) mass is 275 g/mol. The predicted molar refractivity (Wildman–Crippen MR) is 62.6 cm³/mol. The van der Waals surface area contributed by atoms with E-state index in [9.17, 15) is 18.0 Å². The molecule has 2 amide bonds. The molecule has 0 radical (unpaired) electrons. The summed E-state index contributed by atoms with van der Waals surface area (Å²) in [5.74, 6) is 4.82. The van der Waals surface area contributed by atoms with Crippen LogP contribution in [0.1, 0.15) is 12.5 Å². The summed E-state index contributed by atoms with van der Waals surface area (Å²) >= 11 is 0. The molecule has 0 saturated carbocycles. The lowest BCUT2D eigenvalue weighted by Crippen LogP contribution is -2.30. The third kappa shape index (κ3) is 4.51. The summed E-state index contributed by atoms with van der Waals surface area (Å²) in [5.41, 5.74) is -0.855. The van der Waals surface area contributed by atoms with Gasteiger partial charge in [0, 0.05) is 5.69 Å². The van der Waals surface area contributed by atoms with Gasteiger partial charge in [0.2, 0.25) is 5.88 Å². The summed E-state index contributed by atoms with van der Waals surface area (Å²) in [6.45, 7) is 1.56. The summed E-state index contributed by atoms with van der Waals surface area (Å²) < 4.78 is 37.4. The number of hydrogen-bond acceptors (Lipinski definition) is 3. The summed E-state index contributed by atoms with van der Waals surface area (Å²) in [6, 6.07) is 3.47. The Morgan fingerprint density at radius 1 is 1.42 bits per heavy atom. The van der Waals surface area contributed by atoms with Gasteiger partial charge >= 0.3 is 12.2 Å². The molecule has 0 aromatic heterocycles. The Morgan fingerprint density at radius 2 is 2.11 bits per heavy atom. The Balaban J connectivity index is 2.75. The fourth-order valence-corrected chi connectivity index (χ4v) is 1.22. The number of halogens is 3. The van der Waals surface area contributed by atoms with Gasteiger partial charge in [0.1, 0.15) is 0 Å². The van der Waals surface area contributed by atoms with Gasteiger partial charge in [-0.2, -0.15) is 19.1 Å². The molecule has 1 rings (SSSR count). The van der Waals surface area contributed by atoms with E-state index in [0.717, 1.165) is 12.1 Å². The van der Waals surface area contributed by atoms with Crippen LogP contribution >= 0.6 is 0 Å². The Labute approximate surface area is 107 Å². The van der Waals surface area contributed by atoms with Crippen molar-refractivity contribution in [3.05, 3.63) is 41.8 Å². The lowest BCUT2D eigenvalue weighted by atomic mass is 10.2. The minimum atomic E-state index is -4.47. The predicted octanol–water partition coefficient (Wildman–Crippen LogP) is 2.58. The van der Waals surface area contributed by atoms with Crippen LogP contribution in [0.15, 0.2) is 36.2 Å². The third-order valence-corrected chi connectivity index (χ3v) is 2.07. The fourth-order valence-electron chi connectivity index (χ4n) is 1.22. The maximum Gasteiger partial charge on any atom is 0.416 e. The van der Waals surface area contributed by atoms with Crippen molar-refractivity contribution in [2.24, 2.45) is 5.90 Å². The van der Waals surface area contributed by atoms with Crippen LogP contribution in [0.5, 0.6) is 0 Å². The van der Waals surface area contributed by atoms with Crippen molar-refractivity contribution in [2.45, 2.75) is 13.1 Å². The second-order valence-electron chi connectivity index (χ2n) is 3.43. The average molecular weight is 275 g/mol. The normalized spacial score (nSPS) is 11.9. The molecule has 0 bridgehead atoms. The quantitative estimate of drug-likeness (QED) is 0.586. The molecule has 0 fully saturated rings. The molecule has 0 aliphatic heterocycles. The second-order valence-corrected chi connectivity index (χ2v) is 3.43. The molecule has 8 heteroatoms. The van der Waals surface area contributed by atoms with E-state index in [1.54, 1.807) is 6.92 Å². The molecular weight excluding hydrogens is 263 g/mol. The van der Waals surface area contributed by atoms with Gasteiger partial charge in [-0.1, -0.05) is 6.07 Å². The molecule has 19 heavy (non-hydrogen) atoms. The molecule has 1 aromatic carbocycles. The molecule has 0 saturated heterocycles. The maximum absolute atomic E-state index is 12.5. The van der Waals surface area contributed by atoms with Gasteiger partial charge in [0.15, 0.2) is 0 Å². The number of anilines is 1. The first kappa shape index (κ1) is 14.8. The van der Waals surface area contributed by atoms with Gasteiger partial charge < -0.3 is 10.2 Å². The van der Waals surface area contributed by atoms with E-state index in [1.807, 2.05) is 0 Å². The van der Waals surface area contributed by atoms with Gasteiger partial charge in [-0.05, 0) is 31.2 Å². The van der Waals surface area contributed by atoms with E-state index in [-0.39, 0.29) is 11.6 Å². The number of benzene rings is 1. The number of nitrogens with one attached hydrogen (secondary N) is 2. The van der Waals surface area contributed by atoms with Crippen LogP contribution in [-0.4, -0.2) is 6.03 Å². The topological polar surface area (TPSA) is 76.4 Å². The molecule has 0 atom stereocenters. The lowest BCUT2D eigenvalue weighted by molar-refractivity contribution is -0.137. The molecule has 0 aliphatic carbocycles. The van der Waals surface area contributed by atoms with Crippen molar-refractivity contribution in [1.29, 1.82) is 0 Å². The van der Waals surface area contributed by atoms with Crippen molar-refractivity contribution >= 4 is 11.7 Å². The second kappa shape index (κ2) is 6.10. The van der Waals surface area contributed by atoms with Crippen molar-refractivity contribution in [2.75, 3.05) is 5.32 Å². The van der Waals surface area contributed by atoms with Crippen LogP contribution in [0.25, 0.3) is 0 Å². The van der Waals surface area contributed by atoms with Gasteiger partial charge in [-0.25, -0.2) is 4.79 Å². The highest BCUT2D eigenvalue weighted by atomic mass is 19.4. The average Bonchev–Trinajstić information content (AvgIpc) is 2.35. The van der Waals surface area contributed by atoms with Gasteiger partial charge in [0.05, 0.1) is 5.56 Å². The number of carbonyl (C=O) groups is 1. The number of amides is 2. The molecule has 0 heterocycles. The Morgan fingerprint density at radius 3 is 2.63 bits per heavy atom.